The van der Waals surface area contributed by atoms with Crippen LogP contribution in [0.5, 0.6) is 11.5 Å². The lowest BCUT2D eigenvalue weighted by Gasteiger charge is -2.30. The highest BCUT2D eigenvalue weighted by molar-refractivity contribution is 6.09. The van der Waals surface area contributed by atoms with Gasteiger partial charge in [0.25, 0.3) is 22.9 Å². The van der Waals surface area contributed by atoms with Crippen LogP contribution in [0.15, 0.2) is 58.1 Å². The number of benzene rings is 2. The van der Waals surface area contributed by atoms with Crippen LogP contribution in [-0.4, -0.2) is 41.8 Å². The van der Waals surface area contributed by atoms with E-state index in [1.807, 2.05) is 5.32 Å². The first-order chi connectivity index (χ1) is 16.5. The number of ether oxygens (including phenoxy) is 2. The number of nitrogens with zero attached hydrogens (tertiary/aromatic N) is 1. The number of aromatic amines is 1. The second-order valence-corrected chi connectivity index (χ2v) is 7.40. The van der Waals surface area contributed by atoms with Crippen molar-refractivity contribution in [3.05, 3.63) is 80.5 Å². The van der Waals surface area contributed by atoms with Crippen LogP contribution < -0.4 is 31.4 Å². The zero-order valence-electron chi connectivity index (χ0n) is 18.1. The number of nitrogens with one attached hydrogen (secondary N) is 3. The van der Waals surface area contributed by atoms with Gasteiger partial charge in [-0.25, -0.2) is 9.36 Å². The van der Waals surface area contributed by atoms with Gasteiger partial charge in [0.2, 0.25) is 0 Å². The van der Waals surface area contributed by atoms with Crippen molar-refractivity contribution < 1.29 is 32.2 Å². The van der Waals surface area contributed by atoms with Crippen molar-refractivity contribution in [3.8, 4) is 17.2 Å². The maximum absolute atomic E-state index is 14.5. The average Bonchev–Trinajstić information content (AvgIpc) is 3.12. The number of carbonyl (C=O) groups is 2. The van der Waals surface area contributed by atoms with Gasteiger partial charge in [-0.15, -0.1) is 0 Å². The summed E-state index contributed by atoms with van der Waals surface area (Å²) in [6.45, 7) is 0. The van der Waals surface area contributed by atoms with Crippen molar-refractivity contribution in [2.75, 3.05) is 19.5 Å². The van der Waals surface area contributed by atoms with Crippen molar-refractivity contribution in [2.45, 2.75) is 11.7 Å². The zero-order chi connectivity index (χ0) is 25.5. The molecule has 0 saturated heterocycles. The second-order valence-electron chi connectivity index (χ2n) is 7.40. The molecule has 2 amide bonds. The summed E-state index contributed by atoms with van der Waals surface area (Å²) in [4.78, 5) is 52.7. The fourth-order valence-corrected chi connectivity index (χ4v) is 3.74. The van der Waals surface area contributed by atoms with Gasteiger partial charge < -0.3 is 20.1 Å². The number of hydrogen-bond donors (Lipinski definition) is 3. The predicted octanol–water partition coefficient (Wildman–Crippen LogP) is 1.68. The van der Waals surface area contributed by atoms with E-state index in [0.717, 1.165) is 0 Å². The highest BCUT2D eigenvalue weighted by Gasteiger charge is 2.68. The molecule has 1 aliphatic rings. The molecule has 0 spiro atoms. The first kappa shape index (κ1) is 23.6. The molecule has 0 unspecified atom stereocenters. The SMILES string of the molecule is COc1ccc(C(=O)N[C@@]2(C(F)(F)F)C(=O)Nc3c2c(=O)[nH]c(=O)n3-c2ccc(OC)cc2)cc1. The second kappa shape index (κ2) is 8.34. The Balaban J connectivity index is 1.91. The minimum Gasteiger partial charge on any atom is -0.497 e. The molecular formula is C22H17F3N4O6. The van der Waals surface area contributed by atoms with Crippen LogP contribution in [0.1, 0.15) is 15.9 Å². The third-order valence-electron chi connectivity index (χ3n) is 5.47. The molecule has 2 aromatic carbocycles. The Morgan fingerprint density at radius 1 is 0.943 bits per heavy atom. The monoisotopic (exact) mass is 490 g/mol. The van der Waals surface area contributed by atoms with E-state index in [4.69, 9.17) is 9.47 Å². The van der Waals surface area contributed by atoms with Gasteiger partial charge in [0, 0.05) is 5.56 Å². The van der Waals surface area contributed by atoms with Gasteiger partial charge in [-0.05, 0) is 48.5 Å². The number of carbonyl (C=O) groups excluding carboxylic acids is 2. The third-order valence-corrected chi connectivity index (χ3v) is 5.47. The maximum atomic E-state index is 14.5. The van der Waals surface area contributed by atoms with E-state index < -0.39 is 46.2 Å². The average molecular weight is 490 g/mol. The minimum absolute atomic E-state index is 0.0306. The maximum Gasteiger partial charge on any atom is 0.425 e. The van der Waals surface area contributed by atoms with Gasteiger partial charge in [0.1, 0.15) is 22.9 Å². The number of aromatic nitrogens is 2. The fourth-order valence-electron chi connectivity index (χ4n) is 3.74. The van der Waals surface area contributed by atoms with Gasteiger partial charge in [0.05, 0.1) is 19.9 Å². The Kier molecular flexibility index (Phi) is 5.63. The van der Waals surface area contributed by atoms with Crippen molar-refractivity contribution >= 4 is 17.6 Å². The molecule has 0 saturated carbocycles. The molecule has 0 radical (unpaired) electrons. The van der Waals surface area contributed by atoms with E-state index >= 15 is 0 Å². The molecule has 0 fully saturated rings. The number of fused-ring (bicyclic) bond motifs is 1. The summed E-state index contributed by atoms with van der Waals surface area (Å²) < 4.78 is 54.2. The molecule has 0 aliphatic carbocycles. The molecule has 182 valence electrons. The molecule has 2 heterocycles. The predicted molar refractivity (Wildman–Crippen MR) is 116 cm³/mol. The molecular weight excluding hydrogens is 473 g/mol. The normalized spacial score (nSPS) is 16.9. The topological polar surface area (TPSA) is 132 Å². The van der Waals surface area contributed by atoms with E-state index in [0.29, 0.717) is 16.1 Å². The Hall–Kier alpha value is -4.55. The Bertz CT molecular complexity index is 1430. The third kappa shape index (κ3) is 3.70. The highest BCUT2D eigenvalue weighted by Crippen LogP contribution is 2.45. The molecule has 35 heavy (non-hydrogen) atoms. The number of rotatable bonds is 5. The fraction of sp³-hybridized carbons (Fsp3) is 0.182. The molecule has 1 aliphatic heterocycles. The van der Waals surface area contributed by atoms with E-state index in [-0.39, 0.29) is 11.3 Å². The highest BCUT2D eigenvalue weighted by atomic mass is 19.4. The summed E-state index contributed by atoms with van der Waals surface area (Å²) in [5.41, 5.74) is -7.72. The molecule has 4 rings (SSSR count). The van der Waals surface area contributed by atoms with Gasteiger partial charge in [-0.2, -0.15) is 13.2 Å². The number of hydrogen-bond acceptors (Lipinski definition) is 6. The minimum atomic E-state index is -5.46. The van der Waals surface area contributed by atoms with E-state index in [2.05, 4.69) is 0 Å². The standard InChI is InChI=1S/C22H17F3N4O6/c1-34-13-7-3-11(4-8-13)17(30)28-21(22(23,24)25)15-16(26-19(21)32)29(20(33)27-18(15)31)12-5-9-14(35-2)10-6-12/h3-10H,1-2H3,(H,26,32)(H,28,30)(H,27,31,33)/t21-/m1/s1. The van der Waals surface area contributed by atoms with Crippen LogP contribution in [0.25, 0.3) is 5.69 Å². The summed E-state index contributed by atoms with van der Waals surface area (Å²) >= 11 is 0. The lowest BCUT2D eigenvalue weighted by atomic mass is 9.91. The van der Waals surface area contributed by atoms with Crippen LogP contribution in [0.3, 0.4) is 0 Å². The lowest BCUT2D eigenvalue weighted by molar-refractivity contribution is -0.196. The molecule has 10 nitrogen and oxygen atoms in total. The van der Waals surface area contributed by atoms with Crippen LogP contribution in [-0.2, 0) is 10.3 Å². The van der Waals surface area contributed by atoms with Gasteiger partial charge in [-0.3, -0.25) is 19.4 Å². The van der Waals surface area contributed by atoms with Crippen LogP contribution in [0.2, 0.25) is 0 Å². The number of anilines is 1. The summed E-state index contributed by atoms with van der Waals surface area (Å²) in [5.74, 6) is -3.02. The molecule has 0 bridgehead atoms. The van der Waals surface area contributed by atoms with Crippen LogP contribution >= 0.6 is 0 Å². The Labute approximate surface area is 194 Å². The lowest BCUT2D eigenvalue weighted by Crippen LogP contribution is -2.62. The summed E-state index contributed by atoms with van der Waals surface area (Å²) in [5, 5.41) is 3.64. The van der Waals surface area contributed by atoms with Gasteiger partial charge in [0.15, 0.2) is 0 Å². The van der Waals surface area contributed by atoms with Crippen LogP contribution in [0.4, 0.5) is 19.0 Å². The Morgan fingerprint density at radius 3 is 2.00 bits per heavy atom. The molecule has 3 N–H and O–H groups in total. The summed E-state index contributed by atoms with van der Waals surface area (Å²) in [7, 11) is 2.75. The van der Waals surface area contributed by atoms with Crippen molar-refractivity contribution in [1.82, 2.24) is 14.9 Å². The van der Waals surface area contributed by atoms with Crippen molar-refractivity contribution in [1.29, 1.82) is 0 Å². The largest absolute Gasteiger partial charge is 0.497 e. The first-order valence-corrected chi connectivity index (χ1v) is 9.92. The quantitative estimate of drug-likeness (QED) is 0.499. The Morgan fingerprint density at radius 2 is 1.49 bits per heavy atom. The van der Waals surface area contributed by atoms with Gasteiger partial charge >= 0.3 is 11.9 Å². The molecule has 3 aromatic rings. The van der Waals surface area contributed by atoms with E-state index in [1.165, 1.54) is 62.8 Å². The van der Waals surface area contributed by atoms with Crippen molar-refractivity contribution in [2.24, 2.45) is 0 Å². The smallest absolute Gasteiger partial charge is 0.425 e. The van der Waals surface area contributed by atoms with Crippen LogP contribution in [0, 0.1) is 0 Å². The van der Waals surface area contributed by atoms with E-state index in [9.17, 15) is 32.3 Å². The van der Waals surface area contributed by atoms with Gasteiger partial charge in [-0.1, -0.05) is 0 Å². The number of methoxy groups -OCH3 is 2. The van der Waals surface area contributed by atoms with E-state index in [1.54, 1.807) is 10.3 Å². The number of amides is 2. The van der Waals surface area contributed by atoms with Crippen molar-refractivity contribution in [3.63, 3.8) is 0 Å². The number of alkyl halides is 3. The summed E-state index contributed by atoms with van der Waals surface area (Å²) in [6, 6.07) is 10.6. The number of H-pyrrole nitrogens is 1. The molecule has 1 atom stereocenters. The summed E-state index contributed by atoms with van der Waals surface area (Å²) in [6.07, 6.45) is -5.46. The molecule has 13 heteroatoms. The zero-order valence-corrected chi connectivity index (χ0v) is 18.1. The first-order valence-electron chi connectivity index (χ1n) is 9.92. The number of halogens is 3. The molecule has 1 aromatic heterocycles.